The molecule has 0 N–H and O–H groups in total. The van der Waals surface area contributed by atoms with Crippen molar-refractivity contribution < 1.29 is 9.53 Å². The van der Waals surface area contributed by atoms with Crippen LogP contribution in [0.15, 0.2) is 0 Å². The monoisotopic (exact) mass is 119 g/mol. The Kier molecular flexibility index (Phi) is 1.19. The molecular formula is C4H4ClO2. The topological polar surface area (TPSA) is 26.3 Å². The third-order valence-corrected chi connectivity index (χ3v) is 1.11. The lowest BCUT2D eigenvalue weighted by Gasteiger charge is -1.86. The largest absolute Gasteiger partial charge is 0.457 e. The number of esters is 1. The molecule has 0 aromatic carbocycles. The molecular weight excluding hydrogens is 115 g/mol. The van der Waals surface area contributed by atoms with Gasteiger partial charge in [-0.3, -0.25) is 4.79 Å². The van der Waals surface area contributed by atoms with Crippen molar-refractivity contribution in [2.45, 2.75) is 11.8 Å². The summed E-state index contributed by atoms with van der Waals surface area (Å²) in [5, 5.41) is -0.431. The number of halogens is 1. The van der Waals surface area contributed by atoms with Gasteiger partial charge in [-0.2, -0.15) is 0 Å². The Labute approximate surface area is 46.4 Å². The van der Waals surface area contributed by atoms with E-state index in [0.717, 1.165) is 0 Å². The van der Waals surface area contributed by atoms with Crippen LogP contribution in [0.25, 0.3) is 0 Å². The van der Waals surface area contributed by atoms with Crippen molar-refractivity contribution in [2.24, 2.45) is 0 Å². The van der Waals surface area contributed by atoms with Crippen LogP contribution < -0.4 is 0 Å². The number of carbonyl (C=O) groups is 1. The van der Waals surface area contributed by atoms with Gasteiger partial charge in [0.25, 0.3) is 0 Å². The molecule has 1 aliphatic rings. The van der Waals surface area contributed by atoms with Gasteiger partial charge in [-0.1, -0.05) is 0 Å². The third-order valence-electron chi connectivity index (χ3n) is 0.758. The van der Waals surface area contributed by atoms with Gasteiger partial charge in [0.15, 0.2) is 0 Å². The number of alkyl halides is 1. The molecule has 0 aromatic heterocycles. The van der Waals surface area contributed by atoms with Crippen LogP contribution in [0.3, 0.4) is 0 Å². The van der Waals surface area contributed by atoms with Crippen LogP contribution in [0.4, 0.5) is 0 Å². The fraction of sp³-hybridized carbons (Fsp3) is 0.500. The van der Waals surface area contributed by atoms with Gasteiger partial charge >= 0.3 is 5.97 Å². The van der Waals surface area contributed by atoms with Gasteiger partial charge in [0.1, 0.15) is 12.0 Å². The minimum Gasteiger partial charge on any atom is -0.457 e. The lowest BCUT2D eigenvalue weighted by atomic mass is 10.4. The molecule has 0 bridgehead atoms. The van der Waals surface area contributed by atoms with E-state index >= 15 is 0 Å². The van der Waals surface area contributed by atoms with E-state index in [4.69, 9.17) is 11.6 Å². The first-order valence-electron chi connectivity index (χ1n) is 1.97. The first-order valence-corrected chi connectivity index (χ1v) is 2.40. The number of hydrogen-bond acceptors (Lipinski definition) is 2. The summed E-state index contributed by atoms with van der Waals surface area (Å²) in [6.45, 7) is 1.42. The molecule has 0 saturated carbocycles. The Hall–Kier alpha value is -0.240. The quantitative estimate of drug-likeness (QED) is 0.347. The highest BCUT2D eigenvalue weighted by Gasteiger charge is 2.23. The molecule has 1 heterocycles. The van der Waals surface area contributed by atoms with Gasteiger partial charge in [0.05, 0.1) is 0 Å². The van der Waals surface area contributed by atoms with Crippen molar-refractivity contribution >= 4 is 17.6 Å². The minimum absolute atomic E-state index is 0.332. The van der Waals surface area contributed by atoms with Crippen LogP contribution in [-0.4, -0.2) is 11.3 Å². The highest BCUT2D eigenvalue weighted by Crippen LogP contribution is 2.14. The molecule has 39 valence electrons. The first-order chi connectivity index (χ1) is 3.30. The van der Waals surface area contributed by atoms with E-state index in [-0.39, 0.29) is 5.97 Å². The standard InChI is InChI=1S/C4H4ClO2/c5-3-1-2-7-4(3)6/h2-3H,1H2. The molecule has 1 aliphatic heterocycles. The molecule has 1 unspecified atom stereocenters. The molecule has 1 radical (unpaired) electrons. The zero-order chi connectivity index (χ0) is 5.28. The molecule has 1 saturated heterocycles. The molecule has 1 fully saturated rings. The fourth-order valence-electron chi connectivity index (χ4n) is 0.385. The fourth-order valence-corrected chi connectivity index (χ4v) is 0.509. The summed E-state index contributed by atoms with van der Waals surface area (Å²) < 4.78 is 4.37. The maximum atomic E-state index is 10.2. The molecule has 0 aliphatic carbocycles. The van der Waals surface area contributed by atoms with Gasteiger partial charge in [-0.05, 0) is 0 Å². The van der Waals surface area contributed by atoms with Gasteiger partial charge in [-0.25, -0.2) is 0 Å². The number of rotatable bonds is 0. The maximum Gasteiger partial charge on any atom is 0.324 e. The Morgan fingerprint density at radius 2 is 2.71 bits per heavy atom. The van der Waals surface area contributed by atoms with Crippen molar-refractivity contribution in [1.29, 1.82) is 0 Å². The summed E-state index contributed by atoms with van der Waals surface area (Å²) in [6.07, 6.45) is 0.542. The van der Waals surface area contributed by atoms with Crippen molar-refractivity contribution in [1.82, 2.24) is 0 Å². The number of hydrogen-bond donors (Lipinski definition) is 0. The minimum atomic E-state index is -0.431. The molecule has 0 aromatic rings. The van der Waals surface area contributed by atoms with Gasteiger partial charge in [0, 0.05) is 6.42 Å². The maximum absolute atomic E-state index is 10.2. The van der Waals surface area contributed by atoms with Crippen LogP contribution >= 0.6 is 11.6 Å². The molecule has 3 heteroatoms. The van der Waals surface area contributed by atoms with Crippen LogP contribution in [0.1, 0.15) is 6.42 Å². The Bertz CT molecular complexity index is 91.7. The van der Waals surface area contributed by atoms with Crippen LogP contribution in [0.2, 0.25) is 0 Å². The summed E-state index contributed by atoms with van der Waals surface area (Å²) in [4.78, 5) is 10.2. The summed E-state index contributed by atoms with van der Waals surface area (Å²) >= 11 is 5.36. The summed E-state index contributed by atoms with van der Waals surface area (Å²) in [6, 6.07) is 0. The number of ether oxygens (including phenoxy) is 1. The SMILES string of the molecule is O=C1O[CH]CC1Cl. The van der Waals surface area contributed by atoms with Gasteiger partial charge in [-0.15, -0.1) is 11.6 Å². The van der Waals surface area contributed by atoms with Gasteiger partial charge in [0.2, 0.25) is 0 Å². The number of cyclic esters (lactones) is 1. The highest BCUT2D eigenvalue weighted by molar-refractivity contribution is 6.30. The Balaban J connectivity index is 2.48. The molecule has 0 amide bonds. The summed E-state index contributed by atoms with van der Waals surface area (Å²) in [5.41, 5.74) is 0. The first kappa shape index (κ1) is 4.91. The van der Waals surface area contributed by atoms with Gasteiger partial charge < -0.3 is 4.74 Å². The second-order valence-electron chi connectivity index (χ2n) is 1.31. The van der Waals surface area contributed by atoms with Crippen molar-refractivity contribution in [2.75, 3.05) is 0 Å². The highest BCUT2D eigenvalue weighted by atomic mass is 35.5. The Morgan fingerprint density at radius 1 is 2.00 bits per heavy atom. The number of carbonyl (C=O) groups excluding carboxylic acids is 1. The van der Waals surface area contributed by atoms with Crippen molar-refractivity contribution in [3.8, 4) is 0 Å². The normalized spacial score (nSPS) is 30.4. The lowest BCUT2D eigenvalue weighted by molar-refractivity contribution is -0.135. The van der Waals surface area contributed by atoms with Crippen molar-refractivity contribution in [3.63, 3.8) is 0 Å². The van der Waals surface area contributed by atoms with E-state index in [1.54, 1.807) is 0 Å². The van der Waals surface area contributed by atoms with E-state index in [2.05, 4.69) is 4.74 Å². The summed E-state index contributed by atoms with van der Waals surface area (Å²) in [7, 11) is 0. The predicted molar refractivity (Wildman–Crippen MR) is 24.6 cm³/mol. The lowest BCUT2D eigenvalue weighted by Crippen LogP contribution is -2.04. The molecule has 0 spiro atoms. The smallest absolute Gasteiger partial charge is 0.324 e. The molecule has 1 atom stereocenters. The van der Waals surface area contributed by atoms with Crippen molar-refractivity contribution in [3.05, 3.63) is 6.61 Å². The van der Waals surface area contributed by atoms with E-state index in [9.17, 15) is 4.79 Å². The third kappa shape index (κ3) is 0.855. The van der Waals surface area contributed by atoms with Crippen LogP contribution in [0.5, 0.6) is 0 Å². The average molecular weight is 120 g/mol. The van der Waals surface area contributed by atoms with E-state index in [1.165, 1.54) is 6.61 Å². The second-order valence-corrected chi connectivity index (χ2v) is 1.83. The average Bonchev–Trinajstić information content (AvgIpc) is 1.91. The van der Waals surface area contributed by atoms with Crippen LogP contribution in [0, 0.1) is 6.61 Å². The predicted octanol–water partition coefficient (Wildman–Crippen LogP) is 0.702. The second kappa shape index (κ2) is 1.70. The van der Waals surface area contributed by atoms with E-state index in [1.807, 2.05) is 0 Å². The Morgan fingerprint density at radius 3 is 2.86 bits per heavy atom. The van der Waals surface area contributed by atoms with E-state index in [0.29, 0.717) is 6.42 Å². The zero-order valence-electron chi connectivity index (χ0n) is 3.56. The van der Waals surface area contributed by atoms with E-state index < -0.39 is 5.38 Å². The molecule has 1 rings (SSSR count). The molecule has 7 heavy (non-hydrogen) atoms. The summed E-state index contributed by atoms with van der Waals surface area (Å²) in [5.74, 6) is -0.332. The zero-order valence-corrected chi connectivity index (χ0v) is 4.31. The van der Waals surface area contributed by atoms with Crippen LogP contribution in [-0.2, 0) is 9.53 Å². The molecule has 2 nitrogen and oxygen atoms in total.